The number of aliphatic hydroxyl groups excluding tert-OH is 1. The van der Waals surface area contributed by atoms with Gasteiger partial charge in [-0.3, -0.25) is 19.3 Å². The van der Waals surface area contributed by atoms with E-state index in [1.807, 2.05) is 30.7 Å². The van der Waals surface area contributed by atoms with E-state index in [0.717, 1.165) is 29.9 Å². The highest BCUT2D eigenvalue weighted by atomic mass is 16.3. The molecule has 2 aromatic rings. The summed E-state index contributed by atoms with van der Waals surface area (Å²) in [6, 6.07) is 3.46. The van der Waals surface area contributed by atoms with Gasteiger partial charge in [0.05, 0.1) is 42.7 Å². The van der Waals surface area contributed by atoms with Crippen LogP contribution in [-0.4, -0.2) is 50.9 Å². The Morgan fingerprint density at radius 1 is 1.39 bits per heavy atom. The van der Waals surface area contributed by atoms with Gasteiger partial charge in [-0.05, 0) is 26.0 Å². The third-order valence-corrected chi connectivity index (χ3v) is 5.25. The fraction of sp³-hybridized carbons (Fsp3) is 0.474. The molecule has 2 atom stereocenters. The summed E-state index contributed by atoms with van der Waals surface area (Å²) in [4.78, 5) is 30.1. The molecule has 0 radical (unpaired) electrons. The molecule has 0 aliphatic carbocycles. The van der Waals surface area contributed by atoms with E-state index < -0.39 is 12.0 Å². The predicted octanol–water partition coefficient (Wildman–Crippen LogP) is 0.291. The molecule has 0 spiro atoms. The number of primary amides is 1. The van der Waals surface area contributed by atoms with E-state index in [9.17, 15) is 14.7 Å². The lowest BCUT2D eigenvalue weighted by molar-refractivity contribution is -0.117. The number of hydrogen-bond acceptors (Lipinski definition) is 6. The van der Waals surface area contributed by atoms with Crippen molar-refractivity contribution in [2.75, 3.05) is 18.0 Å². The Bertz CT molecular complexity index is 920. The number of aliphatic hydroxyl groups is 1. The molecule has 2 unspecified atom stereocenters. The molecule has 0 aromatic carbocycles. The fourth-order valence-electron chi connectivity index (χ4n) is 4.00. The van der Waals surface area contributed by atoms with Gasteiger partial charge in [-0.2, -0.15) is 5.10 Å². The van der Waals surface area contributed by atoms with Crippen LogP contribution in [0.25, 0.3) is 0 Å². The van der Waals surface area contributed by atoms with Gasteiger partial charge in [0, 0.05) is 30.3 Å². The average Bonchev–Trinajstić information content (AvgIpc) is 3.22. The Kier molecular flexibility index (Phi) is 4.64. The summed E-state index contributed by atoms with van der Waals surface area (Å²) < 4.78 is 1.86. The number of nitrogens with one attached hydrogen (secondary N) is 1. The van der Waals surface area contributed by atoms with Gasteiger partial charge in [-0.25, -0.2) is 0 Å². The van der Waals surface area contributed by atoms with Crippen LogP contribution in [0.4, 0.5) is 5.69 Å². The molecule has 4 heterocycles. The Hall–Kier alpha value is -2.78. The van der Waals surface area contributed by atoms with Crippen molar-refractivity contribution in [1.82, 2.24) is 20.1 Å². The summed E-state index contributed by atoms with van der Waals surface area (Å²) in [6.45, 7) is 5.04. The van der Waals surface area contributed by atoms with E-state index in [4.69, 9.17) is 5.73 Å². The predicted molar refractivity (Wildman–Crippen MR) is 102 cm³/mol. The van der Waals surface area contributed by atoms with Crippen LogP contribution >= 0.6 is 0 Å². The molecule has 2 aliphatic heterocycles. The number of β-amino-alcohol motifs (C(OH)–C–C–N with tert-alkyl or cyclic N) is 1. The molecular formula is C19H24N6O3. The number of fused-ring (bicyclic) bond motifs is 1. The minimum Gasteiger partial charge on any atom is -0.391 e. The maximum Gasteiger partial charge on any atom is 0.269 e. The number of nitrogens with two attached hydrogens (primary N) is 1. The van der Waals surface area contributed by atoms with Crippen molar-refractivity contribution in [2.45, 2.75) is 44.9 Å². The topological polar surface area (TPSA) is 126 Å². The quantitative estimate of drug-likeness (QED) is 0.696. The van der Waals surface area contributed by atoms with Crippen LogP contribution in [0.15, 0.2) is 18.3 Å². The zero-order chi connectivity index (χ0) is 20.0. The van der Waals surface area contributed by atoms with Crippen molar-refractivity contribution >= 4 is 17.5 Å². The van der Waals surface area contributed by atoms with E-state index in [2.05, 4.69) is 15.4 Å². The number of hydrogen-bond donors (Lipinski definition) is 3. The second-order valence-corrected chi connectivity index (χ2v) is 7.55. The minimum atomic E-state index is -0.644. The summed E-state index contributed by atoms with van der Waals surface area (Å²) >= 11 is 0. The Morgan fingerprint density at radius 3 is 2.75 bits per heavy atom. The number of aromatic nitrogens is 3. The molecule has 0 saturated carbocycles. The standard InChI is InChI=1S/C19H24N6O3/c1-10(2)25-14-5-6-21-17(16(14)18(23-25)19(20)28)13-4-3-11(8-22-13)24-9-12(26)7-15(24)27/h3-4,8,10,12,17,21,26H,5-7,9H2,1-2H3,(H2,20,28). The second-order valence-electron chi connectivity index (χ2n) is 7.55. The molecule has 4 N–H and O–H groups in total. The molecule has 1 fully saturated rings. The molecule has 28 heavy (non-hydrogen) atoms. The van der Waals surface area contributed by atoms with Crippen LogP contribution in [0.2, 0.25) is 0 Å². The molecule has 1 saturated heterocycles. The van der Waals surface area contributed by atoms with Gasteiger partial charge in [-0.15, -0.1) is 0 Å². The average molecular weight is 384 g/mol. The van der Waals surface area contributed by atoms with Crippen LogP contribution in [-0.2, 0) is 11.2 Å². The molecule has 2 aromatic heterocycles. The summed E-state index contributed by atoms with van der Waals surface area (Å²) in [6.07, 6.45) is 1.86. The summed E-state index contributed by atoms with van der Waals surface area (Å²) in [7, 11) is 0. The van der Waals surface area contributed by atoms with E-state index >= 15 is 0 Å². The molecular weight excluding hydrogens is 360 g/mol. The molecule has 2 amide bonds. The first-order valence-corrected chi connectivity index (χ1v) is 9.45. The van der Waals surface area contributed by atoms with E-state index in [0.29, 0.717) is 5.69 Å². The SMILES string of the molecule is CC(C)n1nc(C(N)=O)c2c1CCNC2c1ccc(N2CC(O)CC2=O)cn1. The van der Waals surface area contributed by atoms with Crippen molar-refractivity contribution < 1.29 is 14.7 Å². The van der Waals surface area contributed by atoms with Gasteiger partial charge < -0.3 is 21.1 Å². The second kappa shape index (κ2) is 6.99. The molecule has 148 valence electrons. The number of carbonyl (C=O) groups excluding carboxylic acids is 2. The Balaban J connectivity index is 1.70. The summed E-state index contributed by atoms with van der Waals surface area (Å²) in [5.74, 6) is -0.674. The highest BCUT2D eigenvalue weighted by molar-refractivity contribution is 5.96. The number of amides is 2. The van der Waals surface area contributed by atoms with Crippen LogP contribution < -0.4 is 16.0 Å². The lowest BCUT2D eigenvalue weighted by atomic mass is 9.95. The lowest BCUT2D eigenvalue weighted by Gasteiger charge is -2.26. The first-order chi connectivity index (χ1) is 13.4. The Morgan fingerprint density at radius 2 is 2.18 bits per heavy atom. The van der Waals surface area contributed by atoms with E-state index in [1.165, 1.54) is 4.90 Å². The van der Waals surface area contributed by atoms with Crippen molar-refractivity contribution in [3.05, 3.63) is 41.0 Å². The monoisotopic (exact) mass is 384 g/mol. The van der Waals surface area contributed by atoms with Crippen LogP contribution in [0.5, 0.6) is 0 Å². The highest BCUT2D eigenvalue weighted by Gasteiger charge is 2.33. The number of anilines is 1. The van der Waals surface area contributed by atoms with Gasteiger partial charge >= 0.3 is 0 Å². The maximum atomic E-state index is 12.0. The van der Waals surface area contributed by atoms with Crippen molar-refractivity contribution in [3.8, 4) is 0 Å². The zero-order valence-electron chi connectivity index (χ0n) is 15.9. The summed E-state index contributed by atoms with van der Waals surface area (Å²) in [5.41, 5.74) is 9.01. The zero-order valence-corrected chi connectivity index (χ0v) is 15.9. The lowest BCUT2D eigenvalue weighted by Crippen LogP contribution is -2.33. The minimum absolute atomic E-state index is 0.114. The largest absolute Gasteiger partial charge is 0.391 e. The van der Waals surface area contributed by atoms with Crippen molar-refractivity contribution in [3.63, 3.8) is 0 Å². The molecule has 9 nitrogen and oxygen atoms in total. The van der Waals surface area contributed by atoms with Gasteiger partial charge in [0.1, 0.15) is 0 Å². The maximum absolute atomic E-state index is 12.0. The number of carbonyl (C=O) groups is 2. The van der Waals surface area contributed by atoms with Crippen LogP contribution in [0.1, 0.15) is 59.8 Å². The Labute approximate surface area is 162 Å². The molecule has 4 rings (SSSR count). The normalized spacial score (nSPS) is 22.0. The van der Waals surface area contributed by atoms with Gasteiger partial charge in [0.15, 0.2) is 5.69 Å². The number of rotatable bonds is 4. The van der Waals surface area contributed by atoms with Crippen LogP contribution in [0, 0.1) is 0 Å². The van der Waals surface area contributed by atoms with Gasteiger partial charge in [-0.1, -0.05) is 0 Å². The van der Waals surface area contributed by atoms with Gasteiger partial charge in [0.25, 0.3) is 5.91 Å². The van der Waals surface area contributed by atoms with E-state index in [1.54, 1.807) is 6.20 Å². The number of pyridine rings is 1. The summed E-state index contributed by atoms with van der Waals surface area (Å²) in [5, 5.41) is 17.5. The first kappa shape index (κ1) is 18.6. The first-order valence-electron chi connectivity index (χ1n) is 9.45. The van der Waals surface area contributed by atoms with Gasteiger partial charge in [0.2, 0.25) is 5.91 Å². The van der Waals surface area contributed by atoms with Crippen LogP contribution in [0.3, 0.4) is 0 Å². The third kappa shape index (κ3) is 3.06. The van der Waals surface area contributed by atoms with E-state index in [-0.39, 0.29) is 36.7 Å². The molecule has 2 aliphatic rings. The smallest absolute Gasteiger partial charge is 0.269 e. The van der Waals surface area contributed by atoms with Crippen molar-refractivity contribution in [1.29, 1.82) is 0 Å². The third-order valence-electron chi connectivity index (χ3n) is 5.25. The molecule has 0 bridgehead atoms. The molecule has 9 heteroatoms. The highest BCUT2D eigenvalue weighted by Crippen LogP contribution is 2.33. The fourth-order valence-corrected chi connectivity index (χ4v) is 4.00. The van der Waals surface area contributed by atoms with Crippen molar-refractivity contribution in [2.24, 2.45) is 5.73 Å². The number of nitrogens with zero attached hydrogens (tertiary/aromatic N) is 4.